The van der Waals surface area contributed by atoms with Crippen molar-refractivity contribution in [3.8, 4) is 0 Å². The normalized spacial score (nSPS) is 11.9. The van der Waals surface area contributed by atoms with Gasteiger partial charge < -0.3 is 15.4 Å². The van der Waals surface area contributed by atoms with Gasteiger partial charge in [-0.3, -0.25) is 10.9 Å². The molecule has 0 fully saturated rings. The maximum atomic E-state index is 6.43. The number of hydrazone groups is 2. The predicted octanol–water partition coefficient (Wildman–Crippen LogP) is 4.29. The third-order valence-corrected chi connectivity index (χ3v) is 11.3. The molecule has 0 saturated heterocycles. The molecule has 0 heterocycles. The molecular weight excluding hydrogens is 592 g/mol. The van der Waals surface area contributed by atoms with E-state index in [1.165, 1.54) is 15.9 Å². The predicted molar refractivity (Wildman–Crippen MR) is 191 cm³/mol. The average Bonchev–Trinajstić information content (AvgIpc) is 3.07. The second-order valence-corrected chi connectivity index (χ2v) is 13.7. The molecule has 10 heteroatoms. The molecule has 4 aromatic carbocycles. The van der Waals surface area contributed by atoms with E-state index in [1.54, 1.807) is 7.05 Å². The highest BCUT2D eigenvalue weighted by atomic mass is 32.1. The van der Waals surface area contributed by atoms with Crippen LogP contribution in [0.3, 0.4) is 0 Å². The van der Waals surface area contributed by atoms with Crippen LogP contribution in [0, 0.1) is 0 Å². The van der Waals surface area contributed by atoms with Crippen molar-refractivity contribution in [3.05, 3.63) is 127 Å². The van der Waals surface area contributed by atoms with Crippen molar-refractivity contribution in [1.29, 1.82) is 0 Å². The molecule has 0 saturated carbocycles. The number of thiocarbonyl (C=S) groups is 2. The molecule has 0 aliphatic heterocycles. The molecule has 0 spiro atoms. The van der Waals surface area contributed by atoms with Gasteiger partial charge >= 0.3 is 0 Å². The lowest BCUT2D eigenvalue weighted by molar-refractivity contribution is 0.185. The molecule has 0 atom stereocenters. The van der Waals surface area contributed by atoms with Crippen molar-refractivity contribution in [1.82, 2.24) is 21.5 Å². The Balaban J connectivity index is 1.43. The number of nitrogens with zero attached hydrogens (tertiary/aromatic N) is 2. The van der Waals surface area contributed by atoms with Crippen LogP contribution in [0.2, 0.25) is 0 Å². The molecular formula is C33H36N6OPS2+. The summed E-state index contributed by atoms with van der Waals surface area (Å²) in [7, 11) is -0.327. The molecule has 4 N–H and O–H groups in total. The monoisotopic (exact) mass is 627 g/mol. The van der Waals surface area contributed by atoms with Crippen LogP contribution in [0.15, 0.2) is 132 Å². The van der Waals surface area contributed by atoms with Gasteiger partial charge in [0, 0.05) is 19.2 Å². The maximum Gasteiger partial charge on any atom is 0.187 e. The van der Waals surface area contributed by atoms with Gasteiger partial charge in [-0.1, -0.05) is 84.9 Å². The average molecular weight is 628 g/mol. The number of nitrogens with one attached hydrogen (secondary N) is 4. The number of benzene rings is 4. The second-order valence-electron chi connectivity index (χ2n) is 9.44. The lowest BCUT2D eigenvalue weighted by atomic mass is 10.1. The zero-order valence-electron chi connectivity index (χ0n) is 24.2. The molecule has 0 aliphatic rings. The van der Waals surface area contributed by atoms with Crippen molar-refractivity contribution < 1.29 is 4.74 Å². The lowest BCUT2D eigenvalue weighted by Gasteiger charge is -2.27. The Hall–Kier alpha value is -4.01. The van der Waals surface area contributed by atoms with E-state index in [9.17, 15) is 0 Å². The SMILES string of the molecule is CNC(=S)NN=C(C)C(=NNC(=S)NCCOC[P+](c1ccccc1)(c1ccccc1)c1ccccc1)c1ccccc1. The highest BCUT2D eigenvalue weighted by Crippen LogP contribution is 2.55. The van der Waals surface area contributed by atoms with Crippen LogP contribution >= 0.6 is 31.7 Å². The minimum Gasteiger partial charge on any atom is -0.364 e. The van der Waals surface area contributed by atoms with Crippen molar-refractivity contribution in [3.63, 3.8) is 0 Å². The summed E-state index contributed by atoms with van der Waals surface area (Å²) < 4.78 is 6.43. The van der Waals surface area contributed by atoms with Crippen LogP contribution in [-0.2, 0) is 4.74 Å². The van der Waals surface area contributed by atoms with E-state index in [0.29, 0.717) is 41.1 Å². The number of hydrogen-bond donors (Lipinski definition) is 4. The lowest BCUT2D eigenvalue weighted by Crippen LogP contribution is -2.37. The maximum absolute atomic E-state index is 6.43. The van der Waals surface area contributed by atoms with Crippen LogP contribution in [-0.4, -0.2) is 48.2 Å². The fraction of sp³-hybridized carbons (Fsp3) is 0.152. The van der Waals surface area contributed by atoms with Gasteiger partial charge in [-0.25, -0.2) is 0 Å². The molecule has 220 valence electrons. The van der Waals surface area contributed by atoms with Crippen molar-refractivity contribution in [2.24, 2.45) is 10.2 Å². The Morgan fingerprint density at radius 1 is 0.674 bits per heavy atom. The molecule has 7 nitrogen and oxygen atoms in total. The highest BCUT2D eigenvalue weighted by Gasteiger charge is 2.45. The third kappa shape index (κ3) is 8.75. The molecule has 0 amide bonds. The Bertz CT molecular complexity index is 1420. The summed E-state index contributed by atoms with van der Waals surface area (Å²) in [4.78, 5) is 0. The van der Waals surface area contributed by atoms with Gasteiger partial charge in [0.05, 0.1) is 12.3 Å². The molecule has 0 aliphatic carbocycles. The van der Waals surface area contributed by atoms with Gasteiger partial charge in [0.25, 0.3) is 0 Å². The Labute approximate surface area is 265 Å². The molecule has 0 bridgehead atoms. The first-order valence-electron chi connectivity index (χ1n) is 13.9. The first-order valence-corrected chi connectivity index (χ1v) is 16.7. The third-order valence-electron chi connectivity index (χ3n) is 6.62. The summed E-state index contributed by atoms with van der Waals surface area (Å²) >= 11 is 10.7. The zero-order valence-corrected chi connectivity index (χ0v) is 26.8. The summed E-state index contributed by atoms with van der Waals surface area (Å²) in [6.45, 7) is 2.84. The molecule has 0 unspecified atom stereocenters. The van der Waals surface area contributed by atoms with Gasteiger partial charge in [-0.2, -0.15) is 10.2 Å². The van der Waals surface area contributed by atoms with Gasteiger partial charge in [-0.05, 0) is 67.8 Å². The number of ether oxygens (including phenoxy) is 1. The minimum atomic E-state index is -2.06. The van der Waals surface area contributed by atoms with E-state index in [-0.39, 0.29) is 0 Å². The molecule has 0 radical (unpaired) electrons. The van der Waals surface area contributed by atoms with Crippen LogP contribution in [0.25, 0.3) is 0 Å². The fourth-order valence-electron chi connectivity index (χ4n) is 4.50. The fourth-order valence-corrected chi connectivity index (χ4v) is 8.48. The van der Waals surface area contributed by atoms with E-state index >= 15 is 0 Å². The summed E-state index contributed by atoms with van der Waals surface area (Å²) in [5, 5.41) is 19.6. The van der Waals surface area contributed by atoms with Crippen molar-refractivity contribution in [2.75, 3.05) is 26.5 Å². The van der Waals surface area contributed by atoms with E-state index in [1.807, 2.05) is 37.3 Å². The second kappa shape index (κ2) is 16.6. The molecule has 0 aromatic heterocycles. The van der Waals surface area contributed by atoms with Crippen LogP contribution < -0.4 is 37.4 Å². The summed E-state index contributed by atoms with van der Waals surface area (Å²) in [5.74, 6) is 0. The zero-order chi connectivity index (χ0) is 30.3. The molecule has 43 heavy (non-hydrogen) atoms. The van der Waals surface area contributed by atoms with Gasteiger partial charge in [-0.15, -0.1) is 0 Å². The van der Waals surface area contributed by atoms with E-state index in [0.717, 1.165) is 5.56 Å². The largest absolute Gasteiger partial charge is 0.364 e. The van der Waals surface area contributed by atoms with E-state index < -0.39 is 7.26 Å². The Kier molecular flexibility index (Phi) is 12.3. The van der Waals surface area contributed by atoms with Crippen molar-refractivity contribution >= 4 is 69.3 Å². The Morgan fingerprint density at radius 2 is 1.14 bits per heavy atom. The van der Waals surface area contributed by atoms with Crippen LogP contribution in [0.4, 0.5) is 0 Å². The molecule has 4 rings (SSSR count). The Morgan fingerprint density at radius 3 is 1.63 bits per heavy atom. The summed E-state index contributed by atoms with van der Waals surface area (Å²) in [6, 6.07) is 41.8. The topological polar surface area (TPSA) is 82.1 Å². The van der Waals surface area contributed by atoms with Gasteiger partial charge in [0.1, 0.15) is 28.9 Å². The van der Waals surface area contributed by atoms with Crippen LogP contribution in [0.1, 0.15) is 12.5 Å². The standard InChI is InChI=1S/C33H35N6OPS2/c1-26(36-38-32(42)34-2)31(27-15-7-3-8-16-27)37-39-33(43)35-23-24-40-25-41(28-17-9-4-10-18-28,29-19-11-5-12-20-29)30-21-13-6-14-22-30/h3-22H,23-25H2,1-2H3,(H3-,34,35,36,37,38,39,42,43)/p+1. The van der Waals surface area contributed by atoms with Gasteiger partial charge in [0.15, 0.2) is 16.6 Å². The highest BCUT2D eigenvalue weighted by molar-refractivity contribution is 7.95. The van der Waals surface area contributed by atoms with E-state index in [4.69, 9.17) is 29.2 Å². The first kappa shape index (κ1) is 31.9. The summed E-state index contributed by atoms with van der Waals surface area (Å²) in [6.07, 6.45) is 0.570. The van der Waals surface area contributed by atoms with Gasteiger partial charge in [0.2, 0.25) is 0 Å². The number of rotatable bonds is 12. The van der Waals surface area contributed by atoms with E-state index in [2.05, 4.69) is 123 Å². The first-order chi connectivity index (χ1) is 21.0. The smallest absolute Gasteiger partial charge is 0.187 e. The van der Waals surface area contributed by atoms with Crippen LogP contribution in [0.5, 0.6) is 0 Å². The summed E-state index contributed by atoms with van der Waals surface area (Å²) in [5.41, 5.74) is 7.92. The number of hydrogen-bond acceptors (Lipinski definition) is 5. The van der Waals surface area contributed by atoms with Crippen molar-refractivity contribution in [2.45, 2.75) is 6.92 Å². The quantitative estimate of drug-likeness (QED) is 0.0614. The molecule has 4 aromatic rings. The minimum absolute atomic E-state index is 0.388.